The van der Waals surface area contributed by atoms with E-state index in [1.54, 1.807) is 0 Å². The highest BCUT2D eigenvalue weighted by Gasteiger charge is 2.12. The SMILES string of the molecule is CSCC(C)N(C)c1ccc(C#N)cc1Br. The highest BCUT2D eigenvalue weighted by molar-refractivity contribution is 9.10. The molecule has 0 fully saturated rings. The lowest BCUT2D eigenvalue weighted by molar-refractivity contribution is 0.764. The fourth-order valence-corrected chi connectivity index (χ4v) is 2.82. The van der Waals surface area contributed by atoms with Crippen LogP contribution in [0.1, 0.15) is 12.5 Å². The van der Waals surface area contributed by atoms with E-state index < -0.39 is 0 Å². The number of thioether (sulfide) groups is 1. The molecular formula is C12H15BrN2S. The van der Waals surface area contributed by atoms with Crippen LogP contribution in [0.15, 0.2) is 22.7 Å². The van der Waals surface area contributed by atoms with Crippen molar-refractivity contribution in [2.75, 3.05) is 24.0 Å². The average Bonchev–Trinajstić information content (AvgIpc) is 2.28. The summed E-state index contributed by atoms with van der Waals surface area (Å²) in [5, 5.41) is 8.80. The van der Waals surface area contributed by atoms with Gasteiger partial charge in [0.05, 0.1) is 17.3 Å². The molecule has 0 spiro atoms. The molecular weight excluding hydrogens is 284 g/mol. The van der Waals surface area contributed by atoms with Gasteiger partial charge in [-0.25, -0.2) is 0 Å². The van der Waals surface area contributed by atoms with Gasteiger partial charge in [-0.3, -0.25) is 0 Å². The second-order valence-electron chi connectivity index (χ2n) is 3.69. The van der Waals surface area contributed by atoms with Crippen LogP contribution in [0.5, 0.6) is 0 Å². The van der Waals surface area contributed by atoms with Crippen molar-refractivity contribution < 1.29 is 0 Å². The average molecular weight is 299 g/mol. The first-order valence-electron chi connectivity index (χ1n) is 5.01. The lowest BCUT2D eigenvalue weighted by atomic mass is 10.2. The Morgan fingerprint density at radius 3 is 2.75 bits per heavy atom. The molecule has 0 aliphatic carbocycles. The Hall–Kier alpha value is -0.660. The molecule has 0 radical (unpaired) electrons. The summed E-state index contributed by atoms with van der Waals surface area (Å²) in [6.07, 6.45) is 2.11. The van der Waals surface area contributed by atoms with Crippen molar-refractivity contribution >= 4 is 33.4 Å². The molecule has 0 amide bonds. The molecule has 0 N–H and O–H groups in total. The number of hydrogen-bond donors (Lipinski definition) is 0. The quantitative estimate of drug-likeness (QED) is 0.851. The summed E-state index contributed by atoms with van der Waals surface area (Å²) in [6.45, 7) is 2.20. The number of hydrogen-bond acceptors (Lipinski definition) is 3. The molecule has 0 aliphatic rings. The lowest BCUT2D eigenvalue weighted by Crippen LogP contribution is -2.31. The van der Waals surface area contributed by atoms with E-state index in [4.69, 9.17) is 5.26 Å². The predicted octanol–water partition coefficient (Wildman–Crippen LogP) is 3.51. The van der Waals surface area contributed by atoms with Crippen LogP contribution in [0.2, 0.25) is 0 Å². The third-order valence-corrected chi connectivity index (χ3v) is 3.98. The van der Waals surface area contributed by atoms with E-state index in [0.29, 0.717) is 11.6 Å². The normalized spacial score (nSPS) is 11.9. The first kappa shape index (κ1) is 13.4. The van der Waals surface area contributed by atoms with Crippen LogP contribution in [-0.4, -0.2) is 25.1 Å². The Kier molecular flexibility index (Phi) is 5.17. The van der Waals surface area contributed by atoms with Crippen LogP contribution in [0.3, 0.4) is 0 Å². The molecule has 1 rings (SSSR count). The predicted molar refractivity (Wildman–Crippen MR) is 75.1 cm³/mol. The zero-order valence-electron chi connectivity index (χ0n) is 9.70. The Morgan fingerprint density at radius 1 is 1.56 bits per heavy atom. The molecule has 1 aromatic rings. The van der Waals surface area contributed by atoms with Gasteiger partial charge < -0.3 is 4.90 Å². The van der Waals surface area contributed by atoms with Crippen LogP contribution >= 0.6 is 27.7 Å². The second kappa shape index (κ2) is 6.17. The summed E-state index contributed by atoms with van der Waals surface area (Å²) in [6, 6.07) is 8.30. The highest BCUT2D eigenvalue weighted by Crippen LogP contribution is 2.28. The Morgan fingerprint density at radius 2 is 2.25 bits per heavy atom. The van der Waals surface area contributed by atoms with E-state index in [9.17, 15) is 0 Å². The number of anilines is 1. The molecule has 0 saturated heterocycles. The van der Waals surface area contributed by atoms with Gasteiger partial charge >= 0.3 is 0 Å². The summed E-state index contributed by atoms with van der Waals surface area (Å²) >= 11 is 5.35. The minimum atomic E-state index is 0.472. The number of nitriles is 1. The van der Waals surface area contributed by atoms with Crippen molar-refractivity contribution in [1.82, 2.24) is 0 Å². The van der Waals surface area contributed by atoms with E-state index in [-0.39, 0.29) is 0 Å². The van der Waals surface area contributed by atoms with Crippen molar-refractivity contribution in [2.45, 2.75) is 13.0 Å². The number of nitrogens with zero attached hydrogens (tertiary/aromatic N) is 2. The summed E-state index contributed by atoms with van der Waals surface area (Å²) in [4.78, 5) is 2.22. The monoisotopic (exact) mass is 298 g/mol. The van der Waals surface area contributed by atoms with E-state index >= 15 is 0 Å². The summed E-state index contributed by atoms with van der Waals surface area (Å²) in [7, 11) is 2.08. The molecule has 0 saturated carbocycles. The van der Waals surface area contributed by atoms with Gasteiger partial charge in [-0.05, 0) is 47.3 Å². The third kappa shape index (κ3) is 3.16. The van der Waals surface area contributed by atoms with Gasteiger partial charge in [0.2, 0.25) is 0 Å². The molecule has 0 aliphatic heterocycles. The smallest absolute Gasteiger partial charge is 0.0992 e. The van der Waals surface area contributed by atoms with Gasteiger partial charge in [0, 0.05) is 23.3 Å². The van der Waals surface area contributed by atoms with E-state index in [1.165, 1.54) is 0 Å². The van der Waals surface area contributed by atoms with Gasteiger partial charge in [-0.1, -0.05) is 0 Å². The first-order chi connectivity index (χ1) is 7.60. The maximum atomic E-state index is 8.80. The fraction of sp³-hybridized carbons (Fsp3) is 0.417. The summed E-state index contributed by atoms with van der Waals surface area (Å²) in [5.74, 6) is 1.09. The van der Waals surface area contributed by atoms with Crippen LogP contribution < -0.4 is 4.90 Å². The Bertz CT molecular complexity index is 400. The van der Waals surface area contributed by atoms with Crippen molar-refractivity contribution in [3.05, 3.63) is 28.2 Å². The highest BCUT2D eigenvalue weighted by atomic mass is 79.9. The molecule has 1 unspecified atom stereocenters. The van der Waals surface area contributed by atoms with E-state index in [1.807, 2.05) is 30.0 Å². The second-order valence-corrected chi connectivity index (χ2v) is 5.46. The maximum Gasteiger partial charge on any atom is 0.0992 e. The lowest BCUT2D eigenvalue weighted by Gasteiger charge is -2.27. The topological polar surface area (TPSA) is 27.0 Å². The number of rotatable bonds is 4. The molecule has 16 heavy (non-hydrogen) atoms. The van der Waals surface area contributed by atoms with Gasteiger partial charge in [0.1, 0.15) is 0 Å². The molecule has 0 aromatic heterocycles. The van der Waals surface area contributed by atoms with Gasteiger partial charge in [0.15, 0.2) is 0 Å². The number of halogens is 1. The summed E-state index contributed by atoms with van der Waals surface area (Å²) < 4.78 is 0.974. The standard InChI is InChI=1S/C12H15BrN2S/c1-9(8-16-3)15(2)12-5-4-10(7-14)6-11(12)13/h4-6,9H,8H2,1-3H3. The molecule has 86 valence electrons. The largest absolute Gasteiger partial charge is 0.370 e. The zero-order chi connectivity index (χ0) is 12.1. The minimum absolute atomic E-state index is 0.472. The van der Waals surface area contributed by atoms with Crippen molar-refractivity contribution in [2.24, 2.45) is 0 Å². The molecule has 1 aromatic carbocycles. The summed E-state index contributed by atoms with van der Waals surface area (Å²) in [5.41, 5.74) is 1.81. The Labute approximate surface area is 110 Å². The van der Waals surface area contributed by atoms with Gasteiger partial charge in [-0.15, -0.1) is 0 Å². The van der Waals surface area contributed by atoms with Gasteiger partial charge in [0.25, 0.3) is 0 Å². The molecule has 4 heteroatoms. The minimum Gasteiger partial charge on any atom is -0.370 e. The van der Waals surface area contributed by atoms with Crippen LogP contribution in [-0.2, 0) is 0 Å². The Balaban J connectivity index is 2.92. The maximum absolute atomic E-state index is 8.80. The van der Waals surface area contributed by atoms with Crippen LogP contribution in [0, 0.1) is 11.3 Å². The van der Waals surface area contributed by atoms with Crippen molar-refractivity contribution in [3.63, 3.8) is 0 Å². The number of benzene rings is 1. The molecule has 2 nitrogen and oxygen atoms in total. The third-order valence-electron chi connectivity index (χ3n) is 2.53. The fourth-order valence-electron chi connectivity index (χ4n) is 1.45. The first-order valence-corrected chi connectivity index (χ1v) is 7.20. The van der Waals surface area contributed by atoms with Crippen molar-refractivity contribution in [3.8, 4) is 6.07 Å². The molecule has 1 atom stereocenters. The molecule has 0 bridgehead atoms. The van der Waals surface area contributed by atoms with Gasteiger partial charge in [-0.2, -0.15) is 17.0 Å². The van der Waals surface area contributed by atoms with E-state index in [0.717, 1.165) is 15.9 Å². The van der Waals surface area contributed by atoms with Crippen LogP contribution in [0.4, 0.5) is 5.69 Å². The van der Waals surface area contributed by atoms with Crippen molar-refractivity contribution in [1.29, 1.82) is 5.26 Å². The van der Waals surface area contributed by atoms with Crippen LogP contribution in [0.25, 0.3) is 0 Å². The zero-order valence-corrected chi connectivity index (χ0v) is 12.1. The molecule has 0 heterocycles. The van der Waals surface area contributed by atoms with E-state index in [2.05, 4.69) is 47.1 Å².